The van der Waals surface area contributed by atoms with Crippen molar-refractivity contribution in [3.05, 3.63) is 41.1 Å². The van der Waals surface area contributed by atoms with E-state index < -0.39 is 0 Å². The molecule has 1 heterocycles. The van der Waals surface area contributed by atoms with Crippen molar-refractivity contribution in [2.45, 2.75) is 40.7 Å². The molecule has 0 amide bonds. The molecule has 1 aromatic heterocycles. The van der Waals surface area contributed by atoms with Gasteiger partial charge in [0.2, 0.25) is 5.89 Å². The largest absolute Gasteiger partial charge is 0.490 e. The van der Waals surface area contributed by atoms with E-state index in [-0.39, 0.29) is 24.0 Å². The van der Waals surface area contributed by atoms with Gasteiger partial charge in [0.15, 0.2) is 17.5 Å². The van der Waals surface area contributed by atoms with Gasteiger partial charge < -0.3 is 24.5 Å². The summed E-state index contributed by atoms with van der Waals surface area (Å²) in [6, 6.07) is 6.05. The number of benzene rings is 1. The zero-order valence-corrected chi connectivity index (χ0v) is 19.6. The molecule has 0 atom stereocenters. The quantitative estimate of drug-likeness (QED) is 0.310. The Kier molecular flexibility index (Phi) is 10.7. The van der Waals surface area contributed by atoms with E-state index >= 15 is 0 Å². The number of ether oxygens (including phenoxy) is 2. The average molecular weight is 502 g/mol. The van der Waals surface area contributed by atoms with E-state index in [0.29, 0.717) is 31.6 Å². The number of rotatable bonds is 9. The maximum absolute atomic E-state index is 5.68. The molecule has 156 valence electrons. The minimum Gasteiger partial charge on any atom is -0.490 e. The van der Waals surface area contributed by atoms with Crippen LogP contribution in [0.4, 0.5) is 0 Å². The Morgan fingerprint density at radius 2 is 1.82 bits per heavy atom. The Labute approximate surface area is 184 Å². The normalized spacial score (nSPS) is 11.0. The molecule has 2 aromatic rings. The van der Waals surface area contributed by atoms with Crippen molar-refractivity contribution < 1.29 is 13.9 Å². The van der Waals surface area contributed by atoms with E-state index in [1.54, 1.807) is 7.05 Å². The highest BCUT2D eigenvalue weighted by molar-refractivity contribution is 14.0. The smallest absolute Gasteiger partial charge is 0.214 e. The molecule has 0 radical (unpaired) electrons. The van der Waals surface area contributed by atoms with Crippen molar-refractivity contribution in [1.82, 2.24) is 15.6 Å². The lowest BCUT2D eigenvalue weighted by molar-refractivity contribution is 0.287. The average Bonchev–Trinajstić information content (AvgIpc) is 2.98. The van der Waals surface area contributed by atoms with Crippen molar-refractivity contribution >= 4 is 29.9 Å². The zero-order valence-electron chi connectivity index (χ0n) is 17.3. The lowest BCUT2D eigenvalue weighted by Crippen LogP contribution is -2.37. The number of oxazole rings is 1. The molecule has 0 aliphatic rings. The Balaban J connectivity index is 0.00000392. The summed E-state index contributed by atoms with van der Waals surface area (Å²) in [5.41, 5.74) is 2.08. The summed E-state index contributed by atoms with van der Waals surface area (Å²) >= 11 is 0. The second-order valence-electron chi connectivity index (χ2n) is 6.00. The van der Waals surface area contributed by atoms with Gasteiger partial charge in [-0.15, -0.1) is 24.0 Å². The summed E-state index contributed by atoms with van der Waals surface area (Å²) in [6.07, 6.45) is 0.838. The minimum atomic E-state index is 0. The van der Waals surface area contributed by atoms with Crippen LogP contribution in [0.5, 0.6) is 11.5 Å². The Morgan fingerprint density at radius 3 is 2.43 bits per heavy atom. The van der Waals surface area contributed by atoms with Gasteiger partial charge in [-0.1, -0.05) is 6.07 Å². The SMILES string of the molecule is CCOc1ccc(CCNC(=NC)NCc2nc(C)c(C)o2)cc1OCC.I. The zero-order chi connectivity index (χ0) is 19.6. The van der Waals surface area contributed by atoms with Crippen LogP contribution in [0.1, 0.15) is 36.8 Å². The van der Waals surface area contributed by atoms with E-state index in [0.717, 1.165) is 35.9 Å². The number of nitrogens with zero attached hydrogens (tertiary/aromatic N) is 2. The van der Waals surface area contributed by atoms with Gasteiger partial charge in [0.25, 0.3) is 0 Å². The fourth-order valence-electron chi connectivity index (χ4n) is 2.57. The van der Waals surface area contributed by atoms with Crippen LogP contribution in [0.25, 0.3) is 0 Å². The summed E-state index contributed by atoms with van der Waals surface area (Å²) in [6.45, 7) is 10.2. The van der Waals surface area contributed by atoms with Gasteiger partial charge in [0.05, 0.1) is 25.5 Å². The van der Waals surface area contributed by atoms with E-state index in [4.69, 9.17) is 13.9 Å². The first kappa shape index (κ1) is 24.1. The molecule has 1 aromatic carbocycles. The van der Waals surface area contributed by atoms with E-state index in [9.17, 15) is 0 Å². The van der Waals surface area contributed by atoms with Gasteiger partial charge >= 0.3 is 0 Å². The van der Waals surface area contributed by atoms with Gasteiger partial charge in [0.1, 0.15) is 5.76 Å². The number of hydrogen-bond donors (Lipinski definition) is 2. The molecule has 7 nitrogen and oxygen atoms in total. The van der Waals surface area contributed by atoms with Crippen molar-refractivity contribution in [2.75, 3.05) is 26.8 Å². The molecule has 0 saturated carbocycles. The van der Waals surface area contributed by atoms with Crippen molar-refractivity contribution in [3.8, 4) is 11.5 Å². The van der Waals surface area contributed by atoms with E-state index in [1.807, 2.05) is 39.8 Å². The van der Waals surface area contributed by atoms with Gasteiger partial charge in [-0.3, -0.25) is 4.99 Å². The van der Waals surface area contributed by atoms with Crippen LogP contribution in [0.2, 0.25) is 0 Å². The fourth-order valence-corrected chi connectivity index (χ4v) is 2.57. The van der Waals surface area contributed by atoms with E-state index in [2.05, 4.69) is 26.7 Å². The molecule has 0 aliphatic carbocycles. The predicted octanol–water partition coefficient (Wildman–Crippen LogP) is 3.61. The van der Waals surface area contributed by atoms with Crippen LogP contribution in [0, 0.1) is 13.8 Å². The van der Waals surface area contributed by atoms with Crippen LogP contribution < -0.4 is 20.1 Å². The monoisotopic (exact) mass is 502 g/mol. The summed E-state index contributed by atoms with van der Waals surface area (Å²) < 4.78 is 16.9. The standard InChI is InChI=1S/C20H30N4O3.HI/c1-6-25-17-9-8-16(12-18(17)26-7-2)10-11-22-20(21-5)23-13-19-24-14(3)15(4)27-19;/h8-9,12H,6-7,10-11,13H2,1-5H3,(H2,21,22,23);1H. The Morgan fingerprint density at radius 1 is 1.11 bits per heavy atom. The number of aryl methyl sites for hydroxylation is 2. The third-order valence-electron chi connectivity index (χ3n) is 4.02. The molecule has 0 unspecified atom stereocenters. The Hall–Kier alpha value is -1.97. The van der Waals surface area contributed by atoms with Crippen LogP contribution >= 0.6 is 24.0 Å². The second-order valence-corrected chi connectivity index (χ2v) is 6.00. The topological polar surface area (TPSA) is 80.9 Å². The maximum Gasteiger partial charge on any atom is 0.214 e. The third kappa shape index (κ3) is 7.21. The molecule has 28 heavy (non-hydrogen) atoms. The molecule has 8 heteroatoms. The fraction of sp³-hybridized carbons (Fsp3) is 0.500. The van der Waals surface area contributed by atoms with Crippen LogP contribution in [0.3, 0.4) is 0 Å². The predicted molar refractivity (Wildman–Crippen MR) is 122 cm³/mol. The van der Waals surface area contributed by atoms with Crippen LogP contribution in [0.15, 0.2) is 27.6 Å². The highest BCUT2D eigenvalue weighted by Gasteiger charge is 2.08. The highest BCUT2D eigenvalue weighted by atomic mass is 127. The number of halogens is 1. The molecule has 2 rings (SSSR count). The number of guanidine groups is 1. The molecule has 0 saturated heterocycles. The first-order valence-electron chi connectivity index (χ1n) is 9.33. The van der Waals surface area contributed by atoms with Crippen molar-refractivity contribution in [2.24, 2.45) is 4.99 Å². The molecule has 0 bridgehead atoms. The molecule has 0 fully saturated rings. The lowest BCUT2D eigenvalue weighted by Gasteiger charge is -2.13. The summed E-state index contributed by atoms with van der Waals surface area (Å²) in [4.78, 5) is 8.59. The number of nitrogens with one attached hydrogen (secondary N) is 2. The highest BCUT2D eigenvalue weighted by Crippen LogP contribution is 2.28. The second kappa shape index (κ2) is 12.5. The van der Waals surface area contributed by atoms with Gasteiger partial charge in [-0.2, -0.15) is 0 Å². The summed E-state index contributed by atoms with van der Waals surface area (Å²) in [7, 11) is 1.74. The summed E-state index contributed by atoms with van der Waals surface area (Å²) in [5.74, 6) is 3.77. The minimum absolute atomic E-state index is 0. The van der Waals surface area contributed by atoms with Crippen molar-refractivity contribution in [3.63, 3.8) is 0 Å². The molecule has 0 spiro atoms. The number of hydrogen-bond acceptors (Lipinski definition) is 5. The molecule has 0 aliphatic heterocycles. The third-order valence-corrected chi connectivity index (χ3v) is 4.02. The maximum atomic E-state index is 5.68. The first-order chi connectivity index (χ1) is 13.1. The van der Waals surface area contributed by atoms with Crippen LogP contribution in [-0.2, 0) is 13.0 Å². The van der Waals surface area contributed by atoms with Gasteiger partial charge in [-0.25, -0.2) is 4.98 Å². The summed E-state index contributed by atoms with van der Waals surface area (Å²) in [5, 5.41) is 6.51. The number of aliphatic imine (C=N–C) groups is 1. The van der Waals surface area contributed by atoms with Crippen molar-refractivity contribution in [1.29, 1.82) is 0 Å². The molecular formula is C20H31IN4O3. The first-order valence-corrected chi connectivity index (χ1v) is 9.33. The van der Waals surface area contributed by atoms with Crippen LogP contribution in [-0.4, -0.2) is 37.7 Å². The molecular weight excluding hydrogens is 471 g/mol. The van der Waals surface area contributed by atoms with E-state index in [1.165, 1.54) is 5.56 Å². The molecule has 2 N–H and O–H groups in total. The lowest BCUT2D eigenvalue weighted by atomic mass is 10.1. The van der Waals surface area contributed by atoms with Gasteiger partial charge in [0, 0.05) is 13.6 Å². The number of aromatic nitrogens is 1. The Bertz CT molecular complexity index is 742. The van der Waals surface area contributed by atoms with Gasteiger partial charge in [-0.05, 0) is 51.8 Å².